The smallest absolute Gasteiger partial charge is 0.194 e. The van der Waals surface area contributed by atoms with Crippen LogP contribution in [0.1, 0.15) is 0 Å². The molecule has 27 heavy (non-hydrogen) atoms. The van der Waals surface area contributed by atoms with Crippen LogP contribution in [0.5, 0.6) is 11.5 Å². The maximum atomic E-state index is 13.5. The summed E-state index contributed by atoms with van der Waals surface area (Å²) >= 11 is 0. The number of rotatable bonds is 4. The molecule has 1 N–H and O–H groups in total. The average molecular weight is 377 g/mol. The molecule has 1 aromatic heterocycles. The number of halogens is 3. The second kappa shape index (κ2) is 6.92. The van der Waals surface area contributed by atoms with Gasteiger partial charge in [-0.25, -0.2) is 23.1 Å². The van der Waals surface area contributed by atoms with Gasteiger partial charge >= 0.3 is 0 Å². The van der Waals surface area contributed by atoms with Crippen molar-refractivity contribution in [3.63, 3.8) is 0 Å². The fourth-order valence-corrected chi connectivity index (χ4v) is 2.80. The lowest BCUT2D eigenvalue weighted by molar-refractivity contribution is 0.0274. The molecule has 0 radical (unpaired) electrons. The lowest BCUT2D eigenvalue weighted by Crippen LogP contribution is -2.32. The molecule has 2 aromatic carbocycles. The molecule has 140 valence electrons. The zero-order chi connectivity index (χ0) is 19.0. The maximum absolute atomic E-state index is 13.5. The highest BCUT2D eigenvalue weighted by Gasteiger charge is 2.23. The topological polar surface area (TPSA) is 65.5 Å². The monoisotopic (exact) mass is 377 g/mol. The van der Waals surface area contributed by atoms with Crippen LogP contribution < -0.4 is 14.8 Å². The molecule has 0 saturated carbocycles. The van der Waals surface area contributed by atoms with Gasteiger partial charge in [-0.05, 0) is 6.07 Å². The van der Waals surface area contributed by atoms with Gasteiger partial charge in [-0.3, -0.25) is 0 Å². The van der Waals surface area contributed by atoms with Crippen LogP contribution in [0.25, 0.3) is 10.9 Å². The van der Waals surface area contributed by atoms with E-state index < -0.39 is 17.5 Å². The van der Waals surface area contributed by atoms with Gasteiger partial charge in [0, 0.05) is 36.4 Å². The third-order valence-corrected chi connectivity index (χ3v) is 4.02. The molecule has 1 atom stereocenters. The molecule has 1 aliphatic rings. The number of aromatic nitrogens is 2. The summed E-state index contributed by atoms with van der Waals surface area (Å²) in [4.78, 5) is 8.28. The second-order valence-electron chi connectivity index (χ2n) is 5.92. The van der Waals surface area contributed by atoms with E-state index in [9.17, 15) is 13.2 Å². The molecule has 1 aliphatic heterocycles. The Kier molecular flexibility index (Phi) is 4.44. The van der Waals surface area contributed by atoms with Crippen LogP contribution in [-0.2, 0) is 4.74 Å². The predicted molar refractivity (Wildman–Crippen MR) is 90.9 cm³/mol. The fourth-order valence-electron chi connectivity index (χ4n) is 2.80. The van der Waals surface area contributed by atoms with Crippen molar-refractivity contribution >= 4 is 22.4 Å². The number of fused-ring (bicyclic) bond motifs is 2. The van der Waals surface area contributed by atoms with Crippen molar-refractivity contribution in [3.05, 3.63) is 48.0 Å². The van der Waals surface area contributed by atoms with Gasteiger partial charge < -0.3 is 19.5 Å². The van der Waals surface area contributed by atoms with Crippen LogP contribution in [-0.4, -0.2) is 36.4 Å². The number of benzene rings is 2. The molecular formula is C18H14F3N3O3. The van der Waals surface area contributed by atoms with E-state index in [0.29, 0.717) is 35.6 Å². The van der Waals surface area contributed by atoms with E-state index in [2.05, 4.69) is 15.3 Å². The molecular weight excluding hydrogens is 363 g/mol. The number of hydrogen-bond acceptors (Lipinski definition) is 6. The van der Waals surface area contributed by atoms with Crippen LogP contribution in [0.2, 0.25) is 0 Å². The van der Waals surface area contributed by atoms with Crippen molar-refractivity contribution in [1.29, 1.82) is 0 Å². The molecule has 9 heteroatoms. The van der Waals surface area contributed by atoms with Gasteiger partial charge in [0.05, 0.1) is 12.1 Å². The van der Waals surface area contributed by atoms with E-state index in [1.165, 1.54) is 6.33 Å². The Bertz CT molecular complexity index is 993. The molecule has 0 amide bonds. The van der Waals surface area contributed by atoms with Gasteiger partial charge in [-0.15, -0.1) is 0 Å². The second-order valence-corrected chi connectivity index (χ2v) is 5.92. The fraction of sp³-hybridized carbons (Fsp3) is 0.222. The van der Waals surface area contributed by atoms with E-state index in [4.69, 9.17) is 14.2 Å². The predicted octanol–water partition coefficient (Wildman–Crippen LogP) is 3.58. The Morgan fingerprint density at radius 2 is 1.89 bits per heavy atom. The van der Waals surface area contributed by atoms with Crippen molar-refractivity contribution in [2.45, 2.75) is 6.10 Å². The van der Waals surface area contributed by atoms with Crippen molar-refractivity contribution in [1.82, 2.24) is 9.97 Å². The summed E-state index contributed by atoms with van der Waals surface area (Å²) in [5, 5.41) is 3.32. The summed E-state index contributed by atoms with van der Waals surface area (Å²) in [5.74, 6) is -2.84. The molecule has 0 bridgehead atoms. The molecule has 0 spiro atoms. The zero-order valence-corrected chi connectivity index (χ0v) is 14.1. The lowest BCUT2D eigenvalue weighted by Gasteiger charge is -2.26. The summed E-state index contributed by atoms with van der Waals surface area (Å²) in [5.41, 5.74) is 0.557. The van der Waals surface area contributed by atoms with Gasteiger partial charge in [0.2, 0.25) is 0 Å². The van der Waals surface area contributed by atoms with Gasteiger partial charge in [-0.2, -0.15) is 0 Å². The summed E-state index contributed by atoms with van der Waals surface area (Å²) < 4.78 is 56.7. The van der Waals surface area contributed by atoms with Gasteiger partial charge in [0.15, 0.2) is 35.1 Å². The quantitative estimate of drug-likeness (QED) is 0.702. The van der Waals surface area contributed by atoms with Crippen molar-refractivity contribution in [3.8, 4) is 11.5 Å². The Hall–Kier alpha value is -3.07. The summed E-state index contributed by atoms with van der Waals surface area (Å²) in [6.07, 6.45) is 1.03. The zero-order valence-electron chi connectivity index (χ0n) is 14.1. The van der Waals surface area contributed by atoms with Crippen LogP contribution >= 0.6 is 0 Å². The molecule has 0 aliphatic carbocycles. The van der Waals surface area contributed by atoms with Crippen LogP contribution in [0, 0.1) is 17.5 Å². The highest BCUT2D eigenvalue weighted by atomic mass is 19.2. The molecule has 1 unspecified atom stereocenters. The largest absolute Gasteiger partial charge is 0.486 e. The van der Waals surface area contributed by atoms with E-state index in [0.717, 1.165) is 12.1 Å². The number of ether oxygens (including phenoxy) is 3. The first-order chi connectivity index (χ1) is 13.0. The Labute approximate surface area is 151 Å². The highest BCUT2D eigenvalue weighted by molar-refractivity contribution is 5.93. The average Bonchev–Trinajstić information content (AvgIpc) is 2.65. The lowest BCUT2D eigenvalue weighted by atomic mass is 10.2. The third-order valence-electron chi connectivity index (χ3n) is 4.02. The van der Waals surface area contributed by atoms with Crippen molar-refractivity contribution < 1.29 is 27.4 Å². The van der Waals surface area contributed by atoms with Gasteiger partial charge in [0.25, 0.3) is 0 Å². The summed E-state index contributed by atoms with van der Waals surface area (Å²) in [7, 11) is 1.57. The maximum Gasteiger partial charge on any atom is 0.194 e. The minimum Gasteiger partial charge on any atom is -0.486 e. The SMILES string of the molecule is COCC1COc2cc3ncnc(Nc4cc(F)c(F)c(F)c4)c3cc2O1. The minimum atomic E-state index is -1.53. The van der Waals surface area contributed by atoms with Crippen LogP contribution in [0.4, 0.5) is 24.7 Å². The highest BCUT2D eigenvalue weighted by Crippen LogP contribution is 2.37. The standard InChI is InChI=1S/C18H14F3N3O3/c1-25-6-10-7-26-15-5-14-11(4-16(15)27-10)18(23-8-22-14)24-9-2-12(19)17(21)13(20)3-9/h2-5,8,10H,6-7H2,1H3,(H,22,23,24). The van der Waals surface area contributed by atoms with Crippen LogP contribution in [0.3, 0.4) is 0 Å². The summed E-state index contributed by atoms with van der Waals surface area (Å²) in [6.45, 7) is 0.707. The Morgan fingerprint density at radius 1 is 1.11 bits per heavy atom. The number of anilines is 2. The molecule has 0 saturated heterocycles. The Morgan fingerprint density at radius 3 is 2.63 bits per heavy atom. The molecule has 2 heterocycles. The van der Waals surface area contributed by atoms with Crippen molar-refractivity contribution in [2.75, 3.05) is 25.6 Å². The summed E-state index contributed by atoms with van der Waals surface area (Å²) in [6, 6.07) is 5.05. The van der Waals surface area contributed by atoms with E-state index in [1.807, 2.05) is 0 Å². The van der Waals surface area contributed by atoms with Gasteiger partial charge in [0.1, 0.15) is 18.8 Å². The molecule has 6 nitrogen and oxygen atoms in total. The first-order valence-corrected chi connectivity index (χ1v) is 8.04. The minimum absolute atomic E-state index is 0.0125. The third kappa shape index (κ3) is 3.33. The van der Waals surface area contributed by atoms with Crippen molar-refractivity contribution in [2.24, 2.45) is 0 Å². The van der Waals surface area contributed by atoms with Crippen LogP contribution in [0.15, 0.2) is 30.6 Å². The number of nitrogens with zero attached hydrogens (tertiary/aromatic N) is 2. The van der Waals surface area contributed by atoms with Gasteiger partial charge in [-0.1, -0.05) is 0 Å². The molecule has 3 aromatic rings. The molecule has 4 rings (SSSR count). The normalized spacial score (nSPS) is 15.8. The Balaban J connectivity index is 1.72. The first kappa shape index (κ1) is 17.3. The molecule has 0 fully saturated rings. The van der Waals surface area contributed by atoms with E-state index in [1.54, 1.807) is 19.2 Å². The first-order valence-electron chi connectivity index (χ1n) is 8.04. The number of hydrogen-bond donors (Lipinski definition) is 1. The number of methoxy groups -OCH3 is 1. The van der Waals surface area contributed by atoms with E-state index in [-0.39, 0.29) is 17.6 Å². The van der Waals surface area contributed by atoms with E-state index >= 15 is 0 Å². The number of nitrogens with one attached hydrogen (secondary N) is 1.